The van der Waals surface area contributed by atoms with Crippen LogP contribution in [0.25, 0.3) is 10.6 Å². The summed E-state index contributed by atoms with van der Waals surface area (Å²) in [6, 6.07) is -1.94. The van der Waals surface area contributed by atoms with Crippen LogP contribution in [-0.4, -0.2) is 132 Å². The summed E-state index contributed by atoms with van der Waals surface area (Å²) >= 11 is 0. The van der Waals surface area contributed by atoms with Crippen LogP contribution in [0, 0.1) is 0 Å². The molecule has 1 aromatic heterocycles. The third-order valence-electron chi connectivity index (χ3n) is 7.09. The maximum atomic E-state index is 11.3. The SMILES string of the molecule is CC(C)OCCC(C)(C)N(C[N-]/C=C\[N-]CC(=O)O)Cc1nccn1CC(=O)O.CCC(=O)NCCCCC(NC(=O)NCC(=O)O)C(=O)O.CCC(=O)O.[V+2]. The van der Waals surface area contributed by atoms with Crippen LogP contribution in [0.15, 0.2) is 24.8 Å². The number of imidazole rings is 1. The molecule has 21 nitrogen and oxygen atoms in total. The van der Waals surface area contributed by atoms with E-state index in [2.05, 4.69) is 45.0 Å². The number of unbranched alkanes of at least 4 members (excludes halogenated alkanes) is 1. The van der Waals surface area contributed by atoms with Crippen molar-refractivity contribution in [2.75, 3.05) is 32.9 Å². The molecule has 0 bridgehead atoms. The molecule has 317 valence electrons. The summed E-state index contributed by atoms with van der Waals surface area (Å²) in [6.07, 6.45) is 8.80. The Kier molecular flexibility index (Phi) is 32.1. The van der Waals surface area contributed by atoms with Crippen molar-refractivity contribution < 1.29 is 82.4 Å². The molecule has 1 aromatic rings. The number of nitrogens with zero attached hydrogens (tertiary/aromatic N) is 5. The molecule has 0 aliphatic carbocycles. The summed E-state index contributed by atoms with van der Waals surface area (Å²) < 4.78 is 7.27. The van der Waals surface area contributed by atoms with E-state index in [1.807, 2.05) is 19.2 Å². The Morgan fingerprint density at radius 1 is 0.911 bits per heavy atom. The van der Waals surface area contributed by atoms with Gasteiger partial charge in [-0.3, -0.25) is 24.0 Å². The molecule has 0 saturated heterocycles. The van der Waals surface area contributed by atoms with E-state index in [0.717, 1.165) is 6.42 Å². The largest absolute Gasteiger partial charge is 2.00 e. The summed E-state index contributed by atoms with van der Waals surface area (Å²) in [6.45, 7) is 12.1. The first-order valence-corrected chi connectivity index (χ1v) is 17.5. The molecule has 0 aliphatic rings. The zero-order valence-corrected chi connectivity index (χ0v) is 34.2. The van der Waals surface area contributed by atoms with Crippen molar-refractivity contribution in [2.45, 2.75) is 111 Å². The molecule has 0 aliphatic heterocycles. The minimum absolute atomic E-state index is 0. The molecule has 0 fully saturated rings. The monoisotopic (exact) mass is 837 g/mol. The van der Waals surface area contributed by atoms with E-state index in [0.29, 0.717) is 51.5 Å². The van der Waals surface area contributed by atoms with E-state index in [-0.39, 0.29) is 62.0 Å². The number of hydrogen-bond donors (Lipinski definition) is 8. The van der Waals surface area contributed by atoms with Gasteiger partial charge in [-0.25, -0.2) is 27.0 Å². The van der Waals surface area contributed by atoms with E-state index >= 15 is 0 Å². The maximum absolute atomic E-state index is 11.3. The maximum Gasteiger partial charge on any atom is 2.00 e. The molecular weight excluding hydrogens is 779 g/mol. The Balaban J connectivity index is -0.000000914. The zero-order chi connectivity index (χ0) is 42.4. The van der Waals surface area contributed by atoms with E-state index < -0.39 is 48.5 Å². The first kappa shape index (κ1) is 55.5. The van der Waals surface area contributed by atoms with Gasteiger partial charge in [0, 0.05) is 43.9 Å². The van der Waals surface area contributed by atoms with Crippen molar-refractivity contribution >= 4 is 41.8 Å². The molecule has 1 heterocycles. The fourth-order valence-corrected chi connectivity index (χ4v) is 3.93. The molecular formula is C34H58N8O13V. The predicted octanol–water partition coefficient (Wildman–Crippen LogP) is 2.62. The number of urea groups is 1. The van der Waals surface area contributed by atoms with Crippen molar-refractivity contribution in [1.82, 2.24) is 30.4 Å². The Bertz CT molecular complexity index is 1360. The molecule has 56 heavy (non-hydrogen) atoms. The zero-order valence-electron chi connectivity index (χ0n) is 32.8. The number of carboxylic acids is 5. The second-order valence-electron chi connectivity index (χ2n) is 12.5. The third kappa shape index (κ3) is 31.5. The second-order valence-corrected chi connectivity index (χ2v) is 12.5. The van der Waals surface area contributed by atoms with Crippen molar-refractivity contribution in [3.63, 3.8) is 0 Å². The molecule has 22 heteroatoms. The van der Waals surface area contributed by atoms with E-state index in [9.17, 15) is 33.6 Å². The number of carbonyl (C=O) groups excluding carboxylic acids is 2. The Morgan fingerprint density at radius 3 is 2.05 bits per heavy atom. The Hall–Kier alpha value is -4.86. The van der Waals surface area contributed by atoms with Gasteiger partial charge in [0.1, 0.15) is 25.0 Å². The van der Waals surface area contributed by atoms with Crippen molar-refractivity contribution in [1.29, 1.82) is 0 Å². The first-order chi connectivity index (χ1) is 25.7. The Labute approximate surface area is 338 Å². The summed E-state index contributed by atoms with van der Waals surface area (Å²) in [7, 11) is 0. The summed E-state index contributed by atoms with van der Waals surface area (Å²) in [5.74, 6) is -4.55. The topological polar surface area (TPSA) is 315 Å². The Morgan fingerprint density at radius 2 is 1.54 bits per heavy atom. The number of aliphatic carboxylic acids is 5. The summed E-state index contributed by atoms with van der Waals surface area (Å²) in [5, 5.41) is 57.6. The predicted molar refractivity (Wildman–Crippen MR) is 199 cm³/mol. The molecule has 0 aromatic carbocycles. The van der Waals surface area contributed by atoms with Crippen LogP contribution >= 0.6 is 0 Å². The molecule has 1 radical (unpaired) electrons. The van der Waals surface area contributed by atoms with Crippen LogP contribution in [0.2, 0.25) is 0 Å². The molecule has 1 unspecified atom stereocenters. The number of amides is 3. The fourth-order valence-electron chi connectivity index (χ4n) is 3.93. The number of rotatable bonds is 26. The standard InChI is InChI=1S/C19H31N5O5.C12H21N3O6.C3H6O2.V/c1-15(2)29-10-5-19(3,4)24(14-21-7-6-20-11-17(25)26)12-16-22-8-9-23(16)13-18(27)28;1-2-9(16)13-6-4-3-5-8(11(19)20)15-12(21)14-7-10(17)18;1-2-3(4)5;/h6-9,15H,5,10-14H2,1-4H3,(H,25,26)(H,27,28);8H,2-7H2,1H3,(H,13,16)(H,17,18)(H,19,20)(H2,14,15,21);2H2,1H3,(H,4,5);/q-2;;;+2/b7-6-;;;. The van der Waals surface area contributed by atoms with Crippen LogP contribution in [0.4, 0.5) is 4.79 Å². The van der Waals surface area contributed by atoms with Gasteiger partial charge in [0.05, 0.1) is 12.6 Å². The second kappa shape index (κ2) is 32.4. The van der Waals surface area contributed by atoms with Crippen molar-refractivity contribution in [2.24, 2.45) is 0 Å². The molecule has 0 spiro atoms. The number of ether oxygens (including phenoxy) is 1. The van der Waals surface area contributed by atoms with Gasteiger partial charge in [-0.2, -0.15) is 0 Å². The van der Waals surface area contributed by atoms with Gasteiger partial charge in [0.2, 0.25) is 5.91 Å². The number of hydrogen-bond acceptors (Lipinski definition) is 10. The average molecular weight is 838 g/mol. The normalized spacial score (nSPS) is 11.1. The number of aromatic nitrogens is 2. The van der Waals surface area contributed by atoms with Crippen LogP contribution in [-0.2, 0) is 65.1 Å². The van der Waals surface area contributed by atoms with Crippen LogP contribution in [0.5, 0.6) is 0 Å². The van der Waals surface area contributed by atoms with Crippen LogP contribution < -0.4 is 16.0 Å². The van der Waals surface area contributed by atoms with Crippen molar-refractivity contribution in [3.8, 4) is 0 Å². The quantitative estimate of drug-likeness (QED) is 0.0622. The van der Waals surface area contributed by atoms with E-state index in [1.165, 1.54) is 12.4 Å². The third-order valence-corrected chi connectivity index (χ3v) is 7.09. The molecule has 1 rings (SSSR count). The van der Waals surface area contributed by atoms with Crippen molar-refractivity contribution in [3.05, 3.63) is 41.3 Å². The van der Waals surface area contributed by atoms with Gasteiger partial charge < -0.3 is 66.3 Å². The molecule has 1 atom stereocenters. The van der Waals surface area contributed by atoms with E-state index in [4.69, 9.17) is 30.3 Å². The number of nitrogens with one attached hydrogen (secondary N) is 3. The van der Waals surface area contributed by atoms with Crippen LogP contribution in [0.1, 0.15) is 85.9 Å². The molecule has 8 N–H and O–H groups in total. The molecule has 3 amide bonds. The smallest absolute Gasteiger partial charge is 0.683 e. The van der Waals surface area contributed by atoms with Gasteiger partial charge in [-0.15, -0.1) is 0 Å². The van der Waals surface area contributed by atoms with Gasteiger partial charge in [0.25, 0.3) is 5.97 Å². The summed E-state index contributed by atoms with van der Waals surface area (Å²) in [4.78, 5) is 80.7. The van der Waals surface area contributed by atoms with Gasteiger partial charge >= 0.3 is 48.5 Å². The minimum atomic E-state index is -1.22. The molecule has 0 saturated carbocycles. The van der Waals surface area contributed by atoms with Crippen LogP contribution in [0.3, 0.4) is 0 Å². The fraction of sp³-hybridized carbons (Fsp3) is 0.647. The number of carboxylic acid groups (broad SMARTS) is 5. The minimum Gasteiger partial charge on any atom is -0.683 e. The first-order valence-electron chi connectivity index (χ1n) is 17.5. The average Bonchev–Trinajstić information content (AvgIpc) is 3.52. The van der Waals surface area contributed by atoms with Gasteiger partial charge in [0.15, 0.2) is 0 Å². The van der Waals surface area contributed by atoms with Gasteiger partial charge in [-0.05, 0) is 59.9 Å². The summed E-state index contributed by atoms with van der Waals surface area (Å²) in [5.41, 5.74) is -0.301. The van der Waals surface area contributed by atoms with E-state index in [1.54, 1.807) is 30.8 Å². The number of carbonyl (C=O) groups is 7. The van der Waals surface area contributed by atoms with Gasteiger partial charge in [-0.1, -0.05) is 20.5 Å².